The molecule has 2 heterocycles. The molecule has 2 rings (SSSR count). The number of hydrogen-bond donors (Lipinski definition) is 1. The molecule has 7 nitrogen and oxygen atoms in total. The van der Waals surface area contributed by atoms with Crippen molar-refractivity contribution in [1.29, 1.82) is 0 Å². The SMILES string of the molecule is CCN(C(=O)c1c[nH]c(=O)cn1)C1CCS(=O)(=O)C1. The largest absolute Gasteiger partial charge is 0.334 e. The molecule has 0 aliphatic carbocycles. The zero-order valence-corrected chi connectivity index (χ0v) is 11.3. The summed E-state index contributed by atoms with van der Waals surface area (Å²) in [5, 5.41) is 0. The van der Waals surface area contributed by atoms with E-state index in [9.17, 15) is 18.0 Å². The van der Waals surface area contributed by atoms with Crippen molar-refractivity contribution in [2.45, 2.75) is 19.4 Å². The predicted octanol–water partition coefficient (Wildman–Crippen LogP) is -0.581. The number of aromatic nitrogens is 2. The number of nitrogens with zero attached hydrogens (tertiary/aromatic N) is 2. The van der Waals surface area contributed by atoms with Gasteiger partial charge in [0.25, 0.3) is 11.5 Å². The molecule has 1 N–H and O–H groups in total. The van der Waals surface area contributed by atoms with Gasteiger partial charge in [-0.25, -0.2) is 13.4 Å². The number of aromatic amines is 1. The van der Waals surface area contributed by atoms with Crippen molar-refractivity contribution in [3.63, 3.8) is 0 Å². The fourth-order valence-electron chi connectivity index (χ4n) is 2.20. The van der Waals surface area contributed by atoms with E-state index in [0.29, 0.717) is 13.0 Å². The minimum absolute atomic E-state index is 0.00403. The second-order valence-corrected chi connectivity index (χ2v) is 6.67. The lowest BCUT2D eigenvalue weighted by atomic mass is 10.2. The van der Waals surface area contributed by atoms with Crippen LogP contribution in [0, 0.1) is 0 Å². The summed E-state index contributed by atoms with van der Waals surface area (Å²) in [6.07, 6.45) is 2.73. The molecule has 0 bridgehead atoms. The van der Waals surface area contributed by atoms with Crippen molar-refractivity contribution in [3.05, 3.63) is 28.4 Å². The molecule has 1 amide bonds. The maximum atomic E-state index is 12.2. The van der Waals surface area contributed by atoms with Gasteiger partial charge in [-0.1, -0.05) is 0 Å². The summed E-state index contributed by atoms with van der Waals surface area (Å²) < 4.78 is 22.9. The summed E-state index contributed by atoms with van der Waals surface area (Å²) >= 11 is 0. The number of carbonyl (C=O) groups is 1. The molecule has 1 saturated heterocycles. The van der Waals surface area contributed by atoms with Gasteiger partial charge in [0.05, 0.1) is 17.7 Å². The molecule has 8 heteroatoms. The summed E-state index contributed by atoms with van der Waals surface area (Å²) in [5.41, 5.74) is -0.270. The molecule has 1 aromatic rings. The van der Waals surface area contributed by atoms with Crippen molar-refractivity contribution < 1.29 is 13.2 Å². The number of sulfone groups is 1. The monoisotopic (exact) mass is 285 g/mol. The van der Waals surface area contributed by atoms with E-state index in [4.69, 9.17) is 0 Å². The Morgan fingerprint density at radius 1 is 1.58 bits per heavy atom. The second kappa shape index (κ2) is 5.12. The Bertz CT molecular complexity index is 617. The van der Waals surface area contributed by atoms with E-state index in [-0.39, 0.29) is 34.7 Å². The van der Waals surface area contributed by atoms with Crippen LogP contribution in [-0.2, 0) is 9.84 Å². The van der Waals surface area contributed by atoms with E-state index in [0.717, 1.165) is 6.20 Å². The second-order valence-electron chi connectivity index (χ2n) is 4.44. The maximum absolute atomic E-state index is 12.2. The molecule has 1 unspecified atom stereocenters. The highest BCUT2D eigenvalue weighted by Crippen LogP contribution is 2.18. The lowest BCUT2D eigenvalue weighted by molar-refractivity contribution is 0.0702. The summed E-state index contributed by atoms with van der Waals surface area (Å²) in [4.78, 5) is 30.8. The van der Waals surface area contributed by atoms with E-state index in [2.05, 4.69) is 9.97 Å². The first kappa shape index (κ1) is 13.7. The van der Waals surface area contributed by atoms with Gasteiger partial charge >= 0.3 is 0 Å². The van der Waals surface area contributed by atoms with Crippen molar-refractivity contribution in [2.24, 2.45) is 0 Å². The predicted molar refractivity (Wildman–Crippen MR) is 68.6 cm³/mol. The van der Waals surface area contributed by atoms with Crippen LogP contribution >= 0.6 is 0 Å². The van der Waals surface area contributed by atoms with Crippen LogP contribution in [0.25, 0.3) is 0 Å². The molecule has 1 fully saturated rings. The van der Waals surface area contributed by atoms with Crippen LogP contribution in [0.4, 0.5) is 0 Å². The van der Waals surface area contributed by atoms with Gasteiger partial charge in [0.1, 0.15) is 5.69 Å². The fraction of sp³-hybridized carbons (Fsp3) is 0.545. The average molecular weight is 285 g/mol. The third-order valence-electron chi connectivity index (χ3n) is 3.14. The molecule has 0 radical (unpaired) electrons. The lowest BCUT2D eigenvalue weighted by Crippen LogP contribution is -2.41. The summed E-state index contributed by atoms with van der Waals surface area (Å²) in [6.45, 7) is 2.19. The Balaban J connectivity index is 2.20. The number of H-pyrrole nitrogens is 1. The summed E-state index contributed by atoms with van der Waals surface area (Å²) in [7, 11) is -3.05. The molecule has 19 heavy (non-hydrogen) atoms. The van der Waals surface area contributed by atoms with Crippen LogP contribution in [0.2, 0.25) is 0 Å². The highest BCUT2D eigenvalue weighted by Gasteiger charge is 2.34. The third kappa shape index (κ3) is 3.01. The molecule has 104 valence electrons. The van der Waals surface area contributed by atoms with Crippen molar-refractivity contribution >= 4 is 15.7 Å². The highest BCUT2D eigenvalue weighted by atomic mass is 32.2. The van der Waals surface area contributed by atoms with Gasteiger partial charge in [-0.3, -0.25) is 9.59 Å². The van der Waals surface area contributed by atoms with E-state index in [1.165, 1.54) is 11.1 Å². The first-order valence-electron chi connectivity index (χ1n) is 5.99. The number of amides is 1. The van der Waals surface area contributed by atoms with Gasteiger partial charge in [-0.05, 0) is 13.3 Å². The van der Waals surface area contributed by atoms with Crippen molar-refractivity contribution in [2.75, 3.05) is 18.1 Å². The van der Waals surface area contributed by atoms with Gasteiger partial charge in [-0.15, -0.1) is 0 Å². The molecule has 0 spiro atoms. The van der Waals surface area contributed by atoms with Crippen LogP contribution in [0.1, 0.15) is 23.8 Å². The molecule has 0 aromatic carbocycles. The first-order chi connectivity index (χ1) is 8.93. The van der Waals surface area contributed by atoms with Crippen LogP contribution < -0.4 is 5.56 Å². The molecular formula is C11H15N3O4S. The van der Waals surface area contributed by atoms with Crippen LogP contribution in [0.15, 0.2) is 17.2 Å². The first-order valence-corrected chi connectivity index (χ1v) is 7.81. The number of carbonyl (C=O) groups excluding carboxylic acids is 1. The third-order valence-corrected chi connectivity index (χ3v) is 4.89. The fourth-order valence-corrected chi connectivity index (χ4v) is 3.93. The molecule has 1 atom stereocenters. The molecule has 0 saturated carbocycles. The molecule has 1 aliphatic heterocycles. The van der Waals surface area contributed by atoms with Crippen LogP contribution in [-0.4, -0.2) is 53.3 Å². The summed E-state index contributed by atoms with van der Waals surface area (Å²) in [6, 6.07) is -0.309. The smallest absolute Gasteiger partial charge is 0.274 e. The summed E-state index contributed by atoms with van der Waals surface area (Å²) in [5.74, 6) is -0.253. The zero-order valence-electron chi connectivity index (χ0n) is 10.5. The zero-order chi connectivity index (χ0) is 14.0. The Labute approximate surface area is 110 Å². The average Bonchev–Trinajstić information content (AvgIpc) is 2.71. The van der Waals surface area contributed by atoms with E-state index >= 15 is 0 Å². The highest BCUT2D eigenvalue weighted by molar-refractivity contribution is 7.91. The minimum atomic E-state index is -3.05. The molecule has 1 aliphatic rings. The normalized spacial score (nSPS) is 21.2. The van der Waals surface area contributed by atoms with Crippen LogP contribution in [0.5, 0.6) is 0 Å². The standard InChI is InChI=1S/C11H15N3O4S/c1-2-14(8-3-4-19(17,18)7-8)11(16)9-5-13-10(15)6-12-9/h5-6,8H,2-4,7H2,1H3,(H,13,15). The minimum Gasteiger partial charge on any atom is -0.334 e. The maximum Gasteiger partial charge on any atom is 0.274 e. The van der Waals surface area contributed by atoms with Gasteiger partial charge in [0, 0.05) is 18.8 Å². The van der Waals surface area contributed by atoms with Gasteiger partial charge < -0.3 is 9.88 Å². The number of hydrogen-bond acceptors (Lipinski definition) is 5. The Morgan fingerprint density at radius 3 is 2.79 bits per heavy atom. The van der Waals surface area contributed by atoms with Gasteiger partial charge in [0.15, 0.2) is 9.84 Å². The lowest BCUT2D eigenvalue weighted by Gasteiger charge is -2.26. The van der Waals surface area contributed by atoms with E-state index in [1.54, 1.807) is 6.92 Å². The molecule has 1 aromatic heterocycles. The van der Waals surface area contributed by atoms with Gasteiger partial charge in [-0.2, -0.15) is 0 Å². The van der Waals surface area contributed by atoms with E-state index < -0.39 is 9.84 Å². The topological polar surface area (TPSA) is 100 Å². The van der Waals surface area contributed by atoms with Crippen LogP contribution in [0.3, 0.4) is 0 Å². The van der Waals surface area contributed by atoms with E-state index in [1.807, 2.05) is 0 Å². The quantitative estimate of drug-likeness (QED) is 0.800. The Kier molecular flexibility index (Phi) is 3.70. The molecular weight excluding hydrogens is 270 g/mol. The van der Waals surface area contributed by atoms with Gasteiger partial charge in [0.2, 0.25) is 0 Å². The number of nitrogens with one attached hydrogen (secondary N) is 1. The number of rotatable bonds is 3. The van der Waals surface area contributed by atoms with Crippen molar-refractivity contribution in [1.82, 2.24) is 14.9 Å². The van der Waals surface area contributed by atoms with Crippen molar-refractivity contribution in [3.8, 4) is 0 Å². The Hall–Kier alpha value is -1.70. The Morgan fingerprint density at radius 2 is 2.32 bits per heavy atom.